The lowest BCUT2D eigenvalue weighted by molar-refractivity contribution is -0.138. The number of alkyl halides is 3. The van der Waals surface area contributed by atoms with E-state index in [2.05, 4.69) is 0 Å². The normalized spacial score (nSPS) is 15.6. The van der Waals surface area contributed by atoms with Gasteiger partial charge in [-0.15, -0.1) is 0 Å². The minimum atomic E-state index is -4.65. The van der Waals surface area contributed by atoms with E-state index in [1.54, 1.807) is 48.5 Å². The summed E-state index contributed by atoms with van der Waals surface area (Å²) in [6.07, 6.45) is -4.65. The topological polar surface area (TPSA) is 88.5 Å². The van der Waals surface area contributed by atoms with Crippen LogP contribution in [-0.2, 0) is 12.7 Å². The van der Waals surface area contributed by atoms with Crippen molar-refractivity contribution >= 4 is 0 Å². The lowest BCUT2D eigenvalue weighted by Crippen LogP contribution is -2.43. The highest BCUT2D eigenvalue weighted by molar-refractivity contribution is 5.70. The molecule has 0 saturated heterocycles. The van der Waals surface area contributed by atoms with E-state index in [1.165, 1.54) is 25.3 Å². The first-order valence-corrected chi connectivity index (χ1v) is 11.8. The molecule has 10 heteroatoms. The molecule has 1 aliphatic rings. The first-order chi connectivity index (χ1) is 18.2. The summed E-state index contributed by atoms with van der Waals surface area (Å²) in [5, 5.41) is 0. The van der Waals surface area contributed by atoms with E-state index in [1.807, 2.05) is 6.07 Å². The maximum Gasteiger partial charge on any atom is 0.416 e. The number of halogens is 3. The number of fused-ring (bicyclic) bond motifs is 1. The molecule has 0 spiro atoms. The Kier molecular flexibility index (Phi) is 6.58. The van der Waals surface area contributed by atoms with Crippen molar-refractivity contribution < 1.29 is 22.6 Å². The van der Waals surface area contributed by atoms with E-state index in [-0.39, 0.29) is 30.2 Å². The third-order valence-electron chi connectivity index (χ3n) is 6.61. The summed E-state index contributed by atoms with van der Waals surface area (Å²) in [7, 11) is 1.47. The first kappa shape index (κ1) is 25.3. The van der Waals surface area contributed by atoms with Gasteiger partial charge in [0, 0.05) is 6.04 Å². The minimum absolute atomic E-state index is 0.0377. The van der Waals surface area contributed by atoms with Gasteiger partial charge in [-0.3, -0.25) is 13.9 Å². The van der Waals surface area contributed by atoms with Gasteiger partial charge in [-0.25, -0.2) is 4.79 Å². The molecular formula is C28H24F3N3O4. The van der Waals surface area contributed by atoms with Crippen molar-refractivity contribution in [3.05, 3.63) is 116 Å². The monoisotopic (exact) mass is 523 g/mol. The zero-order valence-electron chi connectivity index (χ0n) is 20.3. The molecule has 2 atom stereocenters. The van der Waals surface area contributed by atoms with E-state index in [9.17, 15) is 22.8 Å². The molecule has 2 unspecified atom stereocenters. The Hall–Kier alpha value is -4.31. The van der Waals surface area contributed by atoms with Gasteiger partial charge in [0.2, 0.25) is 5.88 Å². The van der Waals surface area contributed by atoms with Gasteiger partial charge < -0.3 is 15.2 Å². The number of hydrogen-bond acceptors (Lipinski definition) is 5. The number of nitrogens with two attached hydrogens (primary N) is 1. The Bertz CT molecular complexity index is 1600. The van der Waals surface area contributed by atoms with Crippen LogP contribution in [0, 0.1) is 0 Å². The fourth-order valence-corrected chi connectivity index (χ4v) is 4.76. The number of nitrogens with zero attached hydrogens (tertiary/aromatic N) is 2. The molecule has 0 amide bonds. The summed E-state index contributed by atoms with van der Waals surface area (Å²) in [6, 6.07) is 18.7. The van der Waals surface area contributed by atoms with Crippen LogP contribution < -0.4 is 26.5 Å². The quantitative estimate of drug-likeness (QED) is 0.405. The predicted octanol–water partition coefficient (Wildman–Crippen LogP) is 4.39. The van der Waals surface area contributed by atoms with Crippen molar-refractivity contribution in [2.75, 3.05) is 13.7 Å². The lowest BCUT2D eigenvalue weighted by atomic mass is 10.00. The zero-order valence-corrected chi connectivity index (χ0v) is 20.3. The van der Waals surface area contributed by atoms with Gasteiger partial charge in [0.05, 0.1) is 19.2 Å². The van der Waals surface area contributed by atoms with Gasteiger partial charge in [-0.2, -0.15) is 13.2 Å². The second-order valence-electron chi connectivity index (χ2n) is 8.91. The highest BCUT2D eigenvalue weighted by Gasteiger charge is 2.40. The van der Waals surface area contributed by atoms with Crippen molar-refractivity contribution in [3.8, 4) is 22.8 Å². The van der Waals surface area contributed by atoms with Crippen molar-refractivity contribution in [3.63, 3.8) is 0 Å². The van der Waals surface area contributed by atoms with E-state index >= 15 is 0 Å². The Balaban J connectivity index is 1.75. The molecular weight excluding hydrogens is 499 g/mol. The fraction of sp³-hybridized carbons (Fsp3) is 0.214. The number of benzene rings is 3. The molecule has 5 rings (SSSR count). The third-order valence-corrected chi connectivity index (χ3v) is 6.61. The van der Waals surface area contributed by atoms with Gasteiger partial charge in [0.25, 0.3) is 5.56 Å². The average molecular weight is 524 g/mol. The summed E-state index contributed by atoms with van der Waals surface area (Å²) >= 11 is 0. The highest BCUT2D eigenvalue weighted by atomic mass is 19.4. The predicted molar refractivity (Wildman–Crippen MR) is 135 cm³/mol. The van der Waals surface area contributed by atoms with E-state index in [4.69, 9.17) is 15.2 Å². The van der Waals surface area contributed by atoms with Crippen LogP contribution in [-0.4, -0.2) is 22.9 Å². The van der Waals surface area contributed by atoms with Crippen LogP contribution in [0.5, 0.6) is 11.6 Å². The van der Waals surface area contributed by atoms with Crippen LogP contribution in [0.15, 0.2) is 88.5 Å². The van der Waals surface area contributed by atoms with Crippen LogP contribution in [0.4, 0.5) is 13.2 Å². The summed E-state index contributed by atoms with van der Waals surface area (Å²) < 4.78 is 54.9. The zero-order chi connectivity index (χ0) is 27.0. The van der Waals surface area contributed by atoms with Gasteiger partial charge in [0.1, 0.15) is 24.0 Å². The number of methoxy groups -OCH3 is 1. The molecule has 2 heterocycles. The molecule has 0 aliphatic carbocycles. The molecule has 0 fully saturated rings. The van der Waals surface area contributed by atoms with Crippen molar-refractivity contribution in [2.45, 2.75) is 24.8 Å². The molecule has 0 bridgehead atoms. The molecule has 7 nitrogen and oxygen atoms in total. The Morgan fingerprint density at radius 1 is 1.03 bits per heavy atom. The molecule has 38 heavy (non-hydrogen) atoms. The fourth-order valence-electron chi connectivity index (χ4n) is 4.76. The SMILES string of the molecule is COc1cccc(-c2c3n(c(=O)n(CC(N)c4ccccc4)c2=O)C(c2ccccc2C(F)(F)F)CO3)c1. The van der Waals surface area contributed by atoms with Crippen molar-refractivity contribution in [1.82, 2.24) is 9.13 Å². The van der Waals surface area contributed by atoms with Gasteiger partial charge in [-0.1, -0.05) is 60.7 Å². The highest BCUT2D eigenvalue weighted by Crippen LogP contribution is 2.40. The average Bonchev–Trinajstić information content (AvgIpc) is 3.36. The summed E-state index contributed by atoms with van der Waals surface area (Å²) in [5.41, 5.74) is 5.02. The van der Waals surface area contributed by atoms with Crippen LogP contribution in [0.3, 0.4) is 0 Å². The minimum Gasteiger partial charge on any atom is -0.497 e. The second kappa shape index (κ2) is 9.86. The second-order valence-corrected chi connectivity index (χ2v) is 8.91. The number of aromatic nitrogens is 2. The molecule has 2 N–H and O–H groups in total. The largest absolute Gasteiger partial charge is 0.497 e. The summed E-state index contributed by atoms with van der Waals surface area (Å²) in [5.74, 6) is 0.358. The van der Waals surface area contributed by atoms with Gasteiger partial charge in [0.15, 0.2) is 0 Å². The first-order valence-electron chi connectivity index (χ1n) is 11.8. The molecule has 4 aromatic rings. The Morgan fingerprint density at radius 2 is 1.74 bits per heavy atom. The maximum atomic E-state index is 13.9. The van der Waals surface area contributed by atoms with Gasteiger partial charge in [-0.05, 0) is 34.9 Å². The molecule has 196 valence electrons. The summed E-state index contributed by atoms with van der Waals surface area (Å²) in [4.78, 5) is 27.6. The van der Waals surface area contributed by atoms with Crippen LogP contribution >= 0.6 is 0 Å². The van der Waals surface area contributed by atoms with E-state index in [0.29, 0.717) is 16.9 Å². The Labute approximate surface area is 215 Å². The molecule has 1 aliphatic heterocycles. The number of ether oxygens (including phenoxy) is 2. The Morgan fingerprint density at radius 3 is 2.45 bits per heavy atom. The number of hydrogen-bond donors (Lipinski definition) is 1. The summed E-state index contributed by atoms with van der Waals surface area (Å²) in [6.45, 7) is -0.444. The smallest absolute Gasteiger partial charge is 0.416 e. The molecule has 1 aromatic heterocycles. The number of rotatable bonds is 6. The molecule has 0 saturated carbocycles. The molecule has 3 aromatic carbocycles. The standard InChI is InChI=1S/C28H24F3N3O4/c1-37-19-11-7-10-18(14-19)24-25(35)33(15-22(32)17-8-3-2-4-9-17)27(36)34-23(16-38-26(24)34)20-12-5-6-13-21(20)28(29,30)31/h2-14,22-23H,15-16,32H2,1H3. The molecule has 0 radical (unpaired) electrons. The van der Waals surface area contributed by atoms with Gasteiger partial charge >= 0.3 is 11.9 Å². The van der Waals surface area contributed by atoms with Crippen LogP contribution in [0.25, 0.3) is 11.1 Å². The third kappa shape index (κ3) is 4.47. The van der Waals surface area contributed by atoms with Crippen LogP contribution in [0.2, 0.25) is 0 Å². The van der Waals surface area contributed by atoms with E-state index < -0.39 is 35.1 Å². The van der Waals surface area contributed by atoms with Crippen molar-refractivity contribution in [1.29, 1.82) is 0 Å². The van der Waals surface area contributed by atoms with Crippen molar-refractivity contribution in [2.24, 2.45) is 5.73 Å². The lowest BCUT2D eigenvalue weighted by Gasteiger charge is -2.21. The van der Waals surface area contributed by atoms with E-state index in [0.717, 1.165) is 15.2 Å². The maximum absolute atomic E-state index is 13.9. The van der Waals surface area contributed by atoms with Crippen LogP contribution in [0.1, 0.15) is 28.8 Å².